The predicted octanol–water partition coefficient (Wildman–Crippen LogP) is 1.18. The zero-order valence-corrected chi connectivity index (χ0v) is 13.7. The second-order valence-corrected chi connectivity index (χ2v) is 5.64. The minimum absolute atomic E-state index is 0.228. The summed E-state index contributed by atoms with van der Waals surface area (Å²) in [5.74, 6) is -1.25. The molecular formula is C17H19N3O4. The van der Waals surface area contributed by atoms with Gasteiger partial charge < -0.3 is 15.4 Å². The molecule has 0 aliphatic rings. The van der Waals surface area contributed by atoms with Crippen molar-refractivity contribution in [2.75, 3.05) is 0 Å². The van der Waals surface area contributed by atoms with E-state index < -0.39 is 23.5 Å². The normalized spacial score (nSPS) is 11.8. The number of carboxylic acid groups (broad SMARTS) is 1. The average molecular weight is 329 g/mol. The number of carboxylic acids is 1. The molecule has 0 aliphatic heterocycles. The molecule has 0 saturated carbocycles. The fraction of sp³-hybridized carbons (Fsp3) is 0.294. The van der Waals surface area contributed by atoms with Crippen molar-refractivity contribution in [3.8, 4) is 0 Å². The number of hydrogen-bond acceptors (Lipinski definition) is 4. The van der Waals surface area contributed by atoms with Crippen LogP contribution in [-0.4, -0.2) is 27.0 Å². The summed E-state index contributed by atoms with van der Waals surface area (Å²) in [6, 6.07) is 5.73. The molecule has 0 spiro atoms. The molecule has 0 fully saturated rings. The van der Waals surface area contributed by atoms with Crippen LogP contribution in [0.1, 0.15) is 34.3 Å². The van der Waals surface area contributed by atoms with E-state index >= 15 is 0 Å². The van der Waals surface area contributed by atoms with Crippen LogP contribution in [0.2, 0.25) is 0 Å². The maximum atomic E-state index is 12.2. The number of aliphatic carboxylic acids is 1. The van der Waals surface area contributed by atoms with E-state index in [9.17, 15) is 19.5 Å². The summed E-state index contributed by atoms with van der Waals surface area (Å²) in [4.78, 5) is 42.3. The molecule has 2 rings (SSSR count). The molecule has 1 atom stereocenters. The molecule has 3 N–H and O–H groups in total. The highest BCUT2D eigenvalue weighted by molar-refractivity contribution is 5.85. The molecule has 1 heterocycles. The Labute approximate surface area is 138 Å². The first kappa shape index (κ1) is 17.4. The van der Waals surface area contributed by atoms with Crippen molar-refractivity contribution < 1.29 is 14.7 Å². The number of nitrogens with zero attached hydrogens (tertiary/aromatic N) is 1. The third-order valence-electron chi connectivity index (χ3n) is 3.61. The zero-order valence-electron chi connectivity index (χ0n) is 13.7. The van der Waals surface area contributed by atoms with E-state index in [1.54, 1.807) is 32.0 Å². The van der Waals surface area contributed by atoms with Gasteiger partial charge in [-0.25, -0.2) is 9.78 Å². The predicted molar refractivity (Wildman–Crippen MR) is 87.7 cm³/mol. The monoisotopic (exact) mass is 329 g/mol. The van der Waals surface area contributed by atoms with Gasteiger partial charge in [-0.1, -0.05) is 29.8 Å². The molecular weight excluding hydrogens is 310 g/mol. The lowest BCUT2D eigenvalue weighted by Gasteiger charge is -2.15. The summed E-state index contributed by atoms with van der Waals surface area (Å²) >= 11 is 0. The topological polar surface area (TPSA) is 112 Å². The first-order valence-electron chi connectivity index (χ1n) is 7.43. The van der Waals surface area contributed by atoms with Gasteiger partial charge in [-0.15, -0.1) is 0 Å². The van der Waals surface area contributed by atoms with E-state index in [1.807, 2.05) is 13.0 Å². The van der Waals surface area contributed by atoms with E-state index in [0.29, 0.717) is 17.1 Å². The number of hydrogen-bond donors (Lipinski definition) is 3. The van der Waals surface area contributed by atoms with Crippen LogP contribution in [0.5, 0.6) is 0 Å². The fourth-order valence-electron chi connectivity index (χ4n) is 2.47. The molecule has 7 heteroatoms. The van der Waals surface area contributed by atoms with Crippen LogP contribution in [0.4, 0.5) is 0 Å². The summed E-state index contributed by atoms with van der Waals surface area (Å²) in [6.45, 7) is 5.13. The summed E-state index contributed by atoms with van der Waals surface area (Å²) in [5.41, 5.74) is 1.66. The van der Waals surface area contributed by atoms with Crippen molar-refractivity contribution in [3.63, 3.8) is 0 Å². The van der Waals surface area contributed by atoms with E-state index in [0.717, 1.165) is 5.56 Å². The molecule has 0 radical (unpaired) electrons. The third kappa shape index (κ3) is 4.07. The molecule has 0 aliphatic carbocycles. The lowest BCUT2D eigenvalue weighted by Crippen LogP contribution is -2.36. The number of carbonyl (C=O) groups is 2. The van der Waals surface area contributed by atoms with E-state index in [1.165, 1.54) is 0 Å². The van der Waals surface area contributed by atoms with Gasteiger partial charge in [0.05, 0.1) is 6.42 Å². The molecule has 0 bridgehead atoms. The van der Waals surface area contributed by atoms with Crippen LogP contribution in [0, 0.1) is 20.8 Å². The quantitative estimate of drug-likeness (QED) is 0.762. The van der Waals surface area contributed by atoms with Gasteiger partial charge in [-0.05, 0) is 26.3 Å². The van der Waals surface area contributed by atoms with Gasteiger partial charge in [-0.2, -0.15) is 0 Å². The van der Waals surface area contributed by atoms with Crippen molar-refractivity contribution in [1.82, 2.24) is 15.3 Å². The number of nitrogens with one attached hydrogen (secondary N) is 2. The van der Waals surface area contributed by atoms with E-state index in [4.69, 9.17) is 0 Å². The average Bonchev–Trinajstić information content (AvgIpc) is 2.48. The zero-order chi connectivity index (χ0) is 17.9. The number of aryl methyl sites for hydroxylation is 3. The van der Waals surface area contributed by atoms with Crippen LogP contribution in [0.3, 0.4) is 0 Å². The number of aromatic nitrogens is 2. The summed E-state index contributed by atoms with van der Waals surface area (Å²) in [7, 11) is 0. The number of amides is 1. The van der Waals surface area contributed by atoms with Gasteiger partial charge in [0.15, 0.2) is 6.04 Å². The number of carbonyl (C=O) groups excluding carboxylic acids is 1. The number of benzene rings is 1. The van der Waals surface area contributed by atoms with Gasteiger partial charge in [0.2, 0.25) is 5.91 Å². The molecule has 24 heavy (non-hydrogen) atoms. The third-order valence-corrected chi connectivity index (χ3v) is 3.61. The van der Waals surface area contributed by atoms with Crippen LogP contribution in [0.15, 0.2) is 29.1 Å². The second-order valence-electron chi connectivity index (χ2n) is 5.64. The molecule has 1 unspecified atom stereocenters. The maximum Gasteiger partial charge on any atom is 0.330 e. The lowest BCUT2D eigenvalue weighted by atomic mass is 10.0. The van der Waals surface area contributed by atoms with Crippen molar-refractivity contribution in [1.29, 1.82) is 0 Å². The van der Waals surface area contributed by atoms with Gasteiger partial charge >= 0.3 is 5.97 Å². The van der Waals surface area contributed by atoms with Crippen molar-refractivity contribution in [2.24, 2.45) is 0 Å². The summed E-state index contributed by atoms with van der Waals surface area (Å²) in [6.07, 6.45) is -0.232. The summed E-state index contributed by atoms with van der Waals surface area (Å²) < 4.78 is 0. The van der Waals surface area contributed by atoms with Crippen molar-refractivity contribution in [3.05, 3.63) is 62.8 Å². The van der Waals surface area contributed by atoms with Gasteiger partial charge in [0, 0.05) is 11.3 Å². The van der Waals surface area contributed by atoms with Crippen molar-refractivity contribution in [2.45, 2.75) is 33.2 Å². The Balaban J connectivity index is 2.21. The van der Waals surface area contributed by atoms with Crippen LogP contribution < -0.4 is 10.9 Å². The minimum atomic E-state index is -1.17. The Kier molecular flexibility index (Phi) is 5.13. The highest BCUT2D eigenvalue weighted by Gasteiger charge is 2.23. The molecule has 1 amide bonds. The molecule has 1 aromatic carbocycles. The Bertz CT molecular complexity index is 842. The number of rotatable bonds is 5. The molecule has 7 nitrogen and oxygen atoms in total. The lowest BCUT2D eigenvalue weighted by molar-refractivity contribution is -0.142. The van der Waals surface area contributed by atoms with Crippen molar-refractivity contribution >= 4 is 11.9 Å². The molecule has 1 aromatic heterocycles. The number of H-pyrrole nitrogens is 1. The molecule has 126 valence electrons. The number of aromatic amines is 1. The van der Waals surface area contributed by atoms with Gasteiger partial charge in [-0.3, -0.25) is 9.59 Å². The minimum Gasteiger partial charge on any atom is -0.479 e. The fourth-order valence-corrected chi connectivity index (χ4v) is 2.47. The van der Waals surface area contributed by atoms with Crippen LogP contribution in [-0.2, 0) is 16.0 Å². The first-order valence-corrected chi connectivity index (χ1v) is 7.43. The summed E-state index contributed by atoms with van der Waals surface area (Å²) in [5, 5.41) is 11.8. The Morgan fingerprint density at radius 1 is 1.29 bits per heavy atom. The van der Waals surface area contributed by atoms with Gasteiger partial charge in [0.25, 0.3) is 5.56 Å². The van der Waals surface area contributed by atoms with Crippen LogP contribution >= 0.6 is 0 Å². The Morgan fingerprint density at radius 3 is 2.58 bits per heavy atom. The highest BCUT2D eigenvalue weighted by Crippen LogP contribution is 2.15. The molecule has 0 saturated heterocycles. The standard InChI is InChI=1S/C17H19N3O4/c1-9-5-4-6-12(7-9)15(17(23)24)20-14(21)8-13-10(2)18-11(3)19-16(13)22/h4-7,15H,8H2,1-3H3,(H,20,21)(H,23,24)(H,18,19,22). The second kappa shape index (κ2) is 7.08. The maximum absolute atomic E-state index is 12.2. The van der Waals surface area contributed by atoms with E-state index in [2.05, 4.69) is 15.3 Å². The largest absolute Gasteiger partial charge is 0.479 e. The van der Waals surface area contributed by atoms with Gasteiger partial charge in [0.1, 0.15) is 5.82 Å². The van der Waals surface area contributed by atoms with Crippen LogP contribution in [0.25, 0.3) is 0 Å². The molecule has 2 aromatic rings. The Hall–Kier alpha value is -2.96. The smallest absolute Gasteiger partial charge is 0.330 e. The SMILES string of the molecule is Cc1cccc(C(NC(=O)Cc2c(C)nc(C)[nH]c2=O)C(=O)O)c1. The first-order chi connectivity index (χ1) is 11.3. The Morgan fingerprint density at radius 2 is 2.00 bits per heavy atom. The van der Waals surface area contributed by atoms with E-state index in [-0.39, 0.29) is 12.0 Å². The highest BCUT2D eigenvalue weighted by atomic mass is 16.4.